The van der Waals surface area contributed by atoms with Gasteiger partial charge in [0.2, 0.25) is 0 Å². The summed E-state index contributed by atoms with van der Waals surface area (Å²) in [5.74, 6) is 0.0989. The van der Waals surface area contributed by atoms with Crippen LogP contribution in [0.5, 0.6) is 5.75 Å². The molecular formula is C19H22N4O3. The van der Waals surface area contributed by atoms with Crippen molar-refractivity contribution in [2.24, 2.45) is 7.05 Å². The number of piperazine rings is 1. The first-order chi connectivity index (χ1) is 12.6. The molecule has 0 amide bonds. The van der Waals surface area contributed by atoms with Crippen LogP contribution in [0.1, 0.15) is 11.1 Å². The van der Waals surface area contributed by atoms with Gasteiger partial charge in [-0.25, -0.2) is 4.79 Å². The molecule has 26 heavy (non-hydrogen) atoms. The van der Waals surface area contributed by atoms with Crippen molar-refractivity contribution < 1.29 is 9.52 Å². The predicted octanol–water partition coefficient (Wildman–Crippen LogP) is 1.55. The van der Waals surface area contributed by atoms with Crippen LogP contribution < -0.4 is 5.63 Å². The fourth-order valence-electron chi connectivity index (χ4n) is 3.51. The second kappa shape index (κ2) is 6.93. The first kappa shape index (κ1) is 16.8. The van der Waals surface area contributed by atoms with Gasteiger partial charge in [0, 0.05) is 75.6 Å². The van der Waals surface area contributed by atoms with Crippen LogP contribution in [0.4, 0.5) is 0 Å². The van der Waals surface area contributed by atoms with E-state index in [2.05, 4.69) is 21.1 Å². The fourth-order valence-corrected chi connectivity index (χ4v) is 3.51. The van der Waals surface area contributed by atoms with Crippen molar-refractivity contribution in [3.8, 4) is 5.75 Å². The Labute approximate surface area is 151 Å². The Morgan fingerprint density at radius 2 is 1.85 bits per heavy atom. The molecule has 0 radical (unpaired) electrons. The van der Waals surface area contributed by atoms with Gasteiger partial charge in [-0.1, -0.05) is 0 Å². The van der Waals surface area contributed by atoms with E-state index in [1.54, 1.807) is 12.1 Å². The highest BCUT2D eigenvalue weighted by Crippen LogP contribution is 2.23. The van der Waals surface area contributed by atoms with E-state index in [4.69, 9.17) is 4.42 Å². The zero-order chi connectivity index (χ0) is 18.1. The first-order valence-electron chi connectivity index (χ1n) is 8.75. The molecule has 0 aliphatic carbocycles. The third-order valence-electron chi connectivity index (χ3n) is 4.84. The summed E-state index contributed by atoms with van der Waals surface area (Å²) in [6, 6.07) is 6.48. The minimum atomic E-state index is -0.381. The molecule has 1 N–H and O–H groups in total. The first-order valence-corrected chi connectivity index (χ1v) is 8.75. The summed E-state index contributed by atoms with van der Waals surface area (Å²) < 4.78 is 7.04. The monoisotopic (exact) mass is 354 g/mol. The quantitative estimate of drug-likeness (QED) is 0.717. The molecule has 1 aliphatic rings. The van der Waals surface area contributed by atoms with E-state index in [9.17, 15) is 9.90 Å². The normalized spacial score (nSPS) is 16.3. The minimum Gasteiger partial charge on any atom is -0.508 e. The summed E-state index contributed by atoms with van der Waals surface area (Å²) in [5.41, 5.74) is 2.22. The molecule has 0 atom stereocenters. The van der Waals surface area contributed by atoms with Gasteiger partial charge < -0.3 is 9.52 Å². The van der Waals surface area contributed by atoms with Crippen LogP contribution in [0.2, 0.25) is 0 Å². The number of phenols is 1. The smallest absolute Gasteiger partial charge is 0.336 e. The summed E-state index contributed by atoms with van der Waals surface area (Å²) in [4.78, 5) is 16.6. The Balaban J connectivity index is 1.43. The van der Waals surface area contributed by atoms with E-state index in [1.165, 1.54) is 11.6 Å². The highest BCUT2D eigenvalue weighted by molar-refractivity contribution is 5.81. The maximum Gasteiger partial charge on any atom is 0.336 e. The Morgan fingerprint density at radius 3 is 2.54 bits per heavy atom. The molecular weight excluding hydrogens is 332 g/mol. The highest BCUT2D eigenvalue weighted by atomic mass is 16.4. The average molecular weight is 354 g/mol. The number of aryl methyl sites for hydroxylation is 1. The molecule has 4 rings (SSSR count). The molecule has 3 aromatic rings. The number of aromatic hydroxyl groups is 1. The Bertz CT molecular complexity index is 970. The Hall–Kier alpha value is -2.64. The van der Waals surface area contributed by atoms with Gasteiger partial charge in [-0.15, -0.1) is 0 Å². The number of hydrogen-bond acceptors (Lipinski definition) is 6. The summed E-state index contributed by atoms with van der Waals surface area (Å²) in [6.45, 7) is 5.47. The van der Waals surface area contributed by atoms with Crippen molar-refractivity contribution in [2.45, 2.75) is 13.1 Å². The standard InChI is InChI=1S/C19H22N4O3/c1-21-11-14(10-20-21)12-22-4-6-23(7-5-22)13-15-8-19(25)26-18-9-16(24)2-3-17(15)18/h2-3,8-11,24H,4-7,12-13H2,1H3. The highest BCUT2D eigenvalue weighted by Gasteiger charge is 2.19. The van der Waals surface area contributed by atoms with Crippen molar-refractivity contribution in [2.75, 3.05) is 26.2 Å². The largest absolute Gasteiger partial charge is 0.508 e. The van der Waals surface area contributed by atoms with Crippen molar-refractivity contribution in [3.63, 3.8) is 0 Å². The number of fused-ring (bicyclic) bond motifs is 1. The second-order valence-electron chi connectivity index (χ2n) is 6.85. The molecule has 1 aromatic carbocycles. The maximum absolute atomic E-state index is 11.8. The summed E-state index contributed by atoms with van der Waals surface area (Å²) in [7, 11) is 1.93. The van der Waals surface area contributed by atoms with Crippen molar-refractivity contribution in [1.82, 2.24) is 19.6 Å². The molecule has 136 valence electrons. The molecule has 0 saturated carbocycles. The van der Waals surface area contributed by atoms with Crippen LogP contribution >= 0.6 is 0 Å². The topological polar surface area (TPSA) is 74.7 Å². The van der Waals surface area contributed by atoms with Crippen molar-refractivity contribution in [1.29, 1.82) is 0 Å². The maximum atomic E-state index is 11.8. The number of phenolic OH excluding ortho intramolecular Hbond substituents is 1. The van der Waals surface area contributed by atoms with Crippen LogP contribution in [0.25, 0.3) is 11.0 Å². The molecule has 7 nitrogen and oxygen atoms in total. The molecule has 0 unspecified atom stereocenters. The second-order valence-corrected chi connectivity index (χ2v) is 6.85. The van der Waals surface area contributed by atoms with E-state index >= 15 is 0 Å². The Morgan fingerprint density at radius 1 is 1.12 bits per heavy atom. The van der Waals surface area contributed by atoms with Gasteiger partial charge in [0.25, 0.3) is 0 Å². The predicted molar refractivity (Wildman–Crippen MR) is 97.9 cm³/mol. The molecule has 1 saturated heterocycles. The molecule has 0 spiro atoms. The van der Waals surface area contributed by atoms with Gasteiger partial charge in [0.1, 0.15) is 11.3 Å². The average Bonchev–Trinajstić information content (AvgIpc) is 3.01. The molecule has 1 fully saturated rings. The lowest BCUT2D eigenvalue weighted by Crippen LogP contribution is -2.45. The van der Waals surface area contributed by atoms with Crippen LogP contribution in [-0.4, -0.2) is 50.9 Å². The minimum absolute atomic E-state index is 0.0989. The van der Waals surface area contributed by atoms with Crippen LogP contribution in [0.3, 0.4) is 0 Å². The van der Waals surface area contributed by atoms with Gasteiger partial charge in [0.15, 0.2) is 0 Å². The molecule has 0 bridgehead atoms. The third-order valence-corrected chi connectivity index (χ3v) is 4.84. The summed E-state index contributed by atoms with van der Waals surface area (Å²) in [5, 5.41) is 14.7. The third kappa shape index (κ3) is 3.63. The van der Waals surface area contributed by atoms with Gasteiger partial charge >= 0.3 is 5.63 Å². The molecule has 3 heterocycles. The number of benzene rings is 1. The lowest BCUT2D eigenvalue weighted by atomic mass is 10.1. The lowest BCUT2D eigenvalue weighted by molar-refractivity contribution is 0.122. The van der Waals surface area contributed by atoms with Crippen molar-refractivity contribution >= 4 is 11.0 Å². The Kier molecular flexibility index (Phi) is 4.48. The summed E-state index contributed by atoms with van der Waals surface area (Å²) >= 11 is 0. The van der Waals surface area contributed by atoms with E-state index < -0.39 is 0 Å². The molecule has 7 heteroatoms. The van der Waals surface area contributed by atoms with Gasteiger partial charge in [-0.2, -0.15) is 5.10 Å². The summed E-state index contributed by atoms with van der Waals surface area (Å²) in [6.07, 6.45) is 3.97. The zero-order valence-corrected chi connectivity index (χ0v) is 14.8. The fraction of sp³-hybridized carbons (Fsp3) is 0.368. The van der Waals surface area contributed by atoms with Crippen molar-refractivity contribution in [3.05, 3.63) is 58.2 Å². The SMILES string of the molecule is Cn1cc(CN2CCN(Cc3cc(=O)oc4cc(O)ccc34)CC2)cn1. The van der Waals surface area contributed by atoms with Crippen LogP contribution in [0.15, 0.2) is 45.9 Å². The van der Waals surface area contributed by atoms with Gasteiger partial charge in [-0.05, 0) is 17.7 Å². The van der Waals surface area contributed by atoms with E-state index in [0.717, 1.165) is 43.7 Å². The number of aromatic nitrogens is 2. The zero-order valence-electron chi connectivity index (χ0n) is 14.8. The van der Waals surface area contributed by atoms with Gasteiger partial charge in [-0.3, -0.25) is 14.5 Å². The van der Waals surface area contributed by atoms with E-state index in [-0.39, 0.29) is 11.4 Å². The molecule has 2 aromatic heterocycles. The number of rotatable bonds is 4. The van der Waals surface area contributed by atoms with Crippen LogP contribution in [0, 0.1) is 0 Å². The van der Waals surface area contributed by atoms with E-state index in [1.807, 2.05) is 24.0 Å². The number of nitrogens with zero attached hydrogens (tertiary/aromatic N) is 4. The molecule has 1 aliphatic heterocycles. The van der Waals surface area contributed by atoms with Gasteiger partial charge in [0.05, 0.1) is 6.20 Å². The van der Waals surface area contributed by atoms with Crippen LogP contribution in [-0.2, 0) is 20.1 Å². The lowest BCUT2D eigenvalue weighted by Gasteiger charge is -2.34. The van der Waals surface area contributed by atoms with E-state index in [0.29, 0.717) is 12.1 Å². The number of hydrogen-bond donors (Lipinski definition) is 1.